The molecular formula is C13H14ClN3O2S. The van der Waals surface area contributed by atoms with Gasteiger partial charge in [-0.15, -0.1) is 0 Å². The van der Waals surface area contributed by atoms with E-state index in [-0.39, 0.29) is 4.99 Å². The first-order valence-electron chi connectivity index (χ1n) is 6.02. The second kappa shape index (κ2) is 5.76. The van der Waals surface area contributed by atoms with Crippen LogP contribution in [0, 0.1) is 0 Å². The number of benzene rings is 1. The van der Waals surface area contributed by atoms with Crippen LogP contribution in [0.15, 0.2) is 18.2 Å². The van der Waals surface area contributed by atoms with Crippen LogP contribution in [0.3, 0.4) is 0 Å². The Hall–Kier alpha value is -1.66. The number of nitrogens with two attached hydrogens (primary N) is 1. The van der Waals surface area contributed by atoms with Crippen molar-refractivity contribution >= 4 is 40.6 Å². The van der Waals surface area contributed by atoms with Crippen molar-refractivity contribution in [3.63, 3.8) is 0 Å². The number of carbonyl (C=O) groups excluding carboxylic acids is 2. The average Bonchev–Trinajstić information content (AvgIpc) is 2.41. The summed E-state index contributed by atoms with van der Waals surface area (Å²) >= 11 is 11.0. The Bertz CT molecular complexity index is 591. The van der Waals surface area contributed by atoms with Crippen LogP contribution >= 0.6 is 23.8 Å². The van der Waals surface area contributed by atoms with Crippen LogP contribution in [0.4, 0.5) is 0 Å². The summed E-state index contributed by atoms with van der Waals surface area (Å²) in [6, 6.07) is 5.19. The Morgan fingerprint density at radius 1 is 1.35 bits per heavy atom. The number of rotatable bonds is 3. The number of amides is 2. The quantitative estimate of drug-likeness (QED) is 0.661. The first-order valence-corrected chi connectivity index (χ1v) is 6.81. The summed E-state index contributed by atoms with van der Waals surface area (Å²) in [6.07, 6.45) is 0. The smallest absolute Gasteiger partial charge is 0.312 e. The summed E-state index contributed by atoms with van der Waals surface area (Å²) in [4.78, 5) is 26.7. The Labute approximate surface area is 127 Å². The third kappa shape index (κ3) is 2.91. The Morgan fingerprint density at radius 3 is 2.65 bits per heavy atom. The predicted octanol–water partition coefficient (Wildman–Crippen LogP) is 0.775. The van der Waals surface area contributed by atoms with E-state index in [1.807, 2.05) is 0 Å². The number of nitrogens with zero attached hydrogens (tertiary/aromatic N) is 2. The van der Waals surface area contributed by atoms with Gasteiger partial charge in [-0.25, -0.2) is 0 Å². The first kappa shape index (κ1) is 14.7. The molecule has 106 valence electrons. The largest absolute Gasteiger partial charge is 0.389 e. The van der Waals surface area contributed by atoms with Gasteiger partial charge >= 0.3 is 11.8 Å². The van der Waals surface area contributed by atoms with E-state index in [0.717, 1.165) is 5.56 Å². The maximum atomic E-state index is 11.9. The molecule has 1 aromatic rings. The molecule has 2 amide bonds. The van der Waals surface area contributed by atoms with E-state index in [1.54, 1.807) is 25.2 Å². The van der Waals surface area contributed by atoms with Crippen LogP contribution in [0.25, 0.3) is 0 Å². The normalized spacial score (nSPS) is 15.7. The molecule has 1 saturated heterocycles. The van der Waals surface area contributed by atoms with Crippen molar-refractivity contribution in [3.8, 4) is 0 Å². The average molecular weight is 312 g/mol. The zero-order valence-corrected chi connectivity index (χ0v) is 12.5. The highest BCUT2D eigenvalue weighted by Gasteiger charge is 2.30. The summed E-state index contributed by atoms with van der Waals surface area (Å²) in [7, 11) is 1.61. The molecule has 0 saturated carbocycles. The summed E-state index contributed by atoms with van der Waals surface area (Å²) in [5.74, 6) is -1.000. The van der Waals surface area contributed by atoms with E-state index in [0.29, 0.717) is 30.2 Å². The number of carbonyl (C=O) groups is 2. The fraction of sp³-hybridized carbons (Fsp3) is 0.308. The fourth-order valence-electron chi connectivity index (χ4n) is 1.96. The van der Waals surface area contributed by atoms with E-state index in [2.05, 4.69) is 0 Å². The van der Waals surface area contributed by atoms with E-state index >= 15 is 0 Å². The molecule has 7 heteroatoms. The van der Waals surface area contributed by atoms with Gasteiger partial charge < -0.3 is 15.5 Å². The maximum absolute atomic E-state index is 11.9. The standard InChI is InChI=1S/C13H14ClN3O2S/c1-16-4-5-17(13(19)12(16)18)7-9-3-2-8(11(15)20)6-10(9)14/h2-3,6H,4-5,7H2,1H3,(H2,15,20). The van der Waals surface area contributed by atoms with Crippen LogP contribution in [-0.4, -0.2) is 46.7 Å². The second-order valence-corrected chi connectivity index (χ2v) is 5.47. The van der Waals surface area contributed by atoms with Gasteiger partial charge in [0.15, 0.2) is 0 Å². The molecule has 1 aromatic carbocycles. The molecule has 1 heterocycles. The van der Waals surface area contributed by atoms with Gasteiger partial charge in [0.05, 0.1) is 0 Å². The van der Waals surface area contributed by atoms with Crippen molar-refractivity contribution in [2.45, 2.75) is 6.54 Å². The summed E-state index contributed by atoms with van der Waals surface area (Å²) in [5.41, 5.74) is 6.97. The summed E-state index contributed by atoms with van der Waals surface area (Å²) < 4.78 is 0. The topological polar surface area (TPSA) is 66.6 Å². The lowest BCUT2D eigenvalue weighted by Crippen LogP contribution is -2.52. The molecule has 2 N–H and O–H groups in total. The van der Waals surface area contributed by atoms with Gasteiger partial charge in [-0.2, -0.15) is 0 Å². The van der Waals surface area contributed by atoms with E-state index in [4.69, 9.17) is 29.6 Å². The predicted molar refractivity (Wildman–Crippen MR) is 80.4 cm³/mol. The van der Waals surface area contributed by atoms with E-state index in [1.165, 1.54) is 9.80 Å². The molecule has 0 spiro atoms. The SMILES string of the molecule is CN1CCN(Cc2ccc(C(N)=S)cc2Cl)C(=O)C1=O. The Morgan fingerprint density at radius 2 is 2.05 bits per heavy atom. The molecule has 5 nitrogen and oxygen atoms in total. The minimum atomic E-state index is -0.506. The van der Waals surface area contributed by atoms with Crippen LogP contribution in [0.2, 0.25) is 5.02 Å². The zero-order chi connectivity index (χ0) is 14.9. The highest BCUT2D eigenvalue weighted by molar-refractivity contribution is 7.80. The number of hydrogen-bond acceptors (Lipinski definition) is 3. The minimum absolute atomic E-state index is 0.268. The van der Waals surface area contributed by atoms with Gasteiger partial charge in [-0.1, -0.05) is 36.0 Å². The first-order chi connectivity index (χ1) is 9.40. The van der Waals surface area contributed by atoms with Crippen molar-refractivity contribution in [2.75, 3.05) is 20.1 Å². The number of piperazine rings is 1. The van der Waals surface area contributed by atoms with Crippen molar-refractivity contribution in [1.82, 2.24) is 9.80 Å². The van der Waals surface area contributed by atoms with Crippen LogP contribution in [0.5, 0.6) is 0 Å². The fourth-order valence-corrected chi connectivity index (χ4v) is 2.32. The third-order valence-electron chi connectivity index (χ3n) is 3.22. The van der Waals surface area contributed by atoms with Crippen LogP contribution < -0.4 is 5.73 Å². The van der Waals surface area contributed by atoms with Gasteiger partial charge in [0.25, 0.3) is 0 Å². The number of likely N-dealkylation sites (N-methyl/N-ethyl adjacent to an activating group) is 1. The second-order valence-electron chi connectivity index (χ2n) is 4.62. The maximum Gasteiger partial charge on any atom is 0.312 e. The van der Waals surface area contributed by atoms with Gasteiger partial charge in [0.1, 0.15) is 4.99 Å². The van der Waals surface area contributed by atoms with E-state index < -0.39 is 11.8 Å². The molecule has 0 bridgehead atoms. The van der Waals surface area contributed by atoms with Gasteiger partial charge in [-0.3, -0.25) is 9.59 Å². The number of thiocarbonyl (C=S) groups is 1. The molecule has 0 unspecified atom stereocenters. The van der Waals surface area contributed by atoms with Gasteiger partial charge in [0, 0.05) is 37.3 Å². The highest BCUT2D eigenvalue weighted by atomic mass is 35.5. The van der Waals surface area contributed by atoms with Crippen molar-refractivity contribution in [2.24, 2.45) is 5.73 Å². The lowest BCUT2D eigenvalue weighted by atomic mass is 10.1. The van der Waals surface area contributed by atoms with E-state index in [9.17, 15) is 9.59 Å². The Balaban J connectivity index is 2.16. The number of hydrogen-bond donors (Lipinski definition) is 1. The molecule has 20 heavy (non-hydrogen) atoms. The Kier molecular flexibility index (Phi) is 4.25. The molecular weight excluding hydrogens is 298 g/mol. The van der Waals surface area contributed by atoms with Crippen molar-refractivity contribution in [3.05, 3.63) is 34.3 Å². The van der Waals surface area contributed by atoms with Crippen molar-refractivity contribution < 1.29 is 9.59 Å². The van der Waals surface area contributed by atoms with Crippen molar-refractivity contribution in [1.29, 1.82) is 0 Å². The molecule has 1 fully saturated rings. The van der Waals surface area contributed by atoms with Gasteiger partial charge in [-0.05, 0) is 11.6 Å². The molecule has 0 atom stereocenters. The summed E-state index contributed by atoms with van der Waals surface area (Å²) in [6.45, 7) is 1.32. The monoisotopic (exact) mass is 311 g/mol. The zero-order valence-electron chi connectivity index (χ0n) is 10.9. The third-order valence-corrected chi connectivity index (χ3v) is 3.81. The molecule has 0 radical (unpaired) electrons. The summed E-state index contributed by atoms with van der Waals surface area (Å²) in [5, 5.41) is 0.481. The highest BCUT2D eigenvalue weighted by Crippen LogP contribution is 2.20. The van der Waals surface area contributed by atoms with Crippen LogP contribution in [-0.2, 0) is 16.1 Å². The van der Waals surface area contributed by atoms with Crippen LogP contribution in [0.1, 0.15) is 11.1 Å². The molecule has 1 aliphatic heterocycles. The minimum Gasteiger partial charge on any atom is -0.389 e. The lowest BCUT2D eigenvalue weighted by Gasteiger charge is -2.31. The molecule has 0 aromatic heterocycles. The lowest BCUT2D eigenvalue weighted by molar-refractivity contribution is -0.155. The number of halogens is 1. The van der Waals surface area contributed by atoms with Gasteiger partial charge in [0.2, 0.25) is 0 Å². The molecule has 2 rings (SSSR count). The molecule has 1 aliphatic rings. The molecule has 0 aliphatic carbocycles.